The summed E-state index contributed by atoms with van der Waals surface area (Å²) in [6.45, 7) is 4.76. The Kier molecular flexibility index (Phi) is 2.71. The normalized spacial score (nSPS) is 11.1. The molecule has 2 N–H and O–H groups in total. The molecule has 0 amide bonds. The summed E-state index contributed by atoms with van der Waals surface area (Å²) in [5.74, 6) is 0.536. The third kappa shape index (κ3) is 1.95. The van der Waals surface area contributed by atoms with Crippen LogP contribution >= 0.6 is 0 Å². The molecule has 19 heavy (non-hydrogen) atoms. The van der Waals surface area contributed by atoms with Crippen molar-refractivity contribution >= 4 is 17.0 Å². The van der Waals surface area contributed by atoms with Crippen LogP contribution in [0.5, 0.6) is 0 Å². The molecule has 0 aliphatic carbocycles. The Morgan fingerprint density at radius 1 is 1.11 bits per heavy atom. The fourth-order valence-corrected chi connectivity index (χ4v) is 2.30. The molecule has 3 aromatic rings. The number of pyridine rings is 1. The van der Waals surface area contributed by atoms with Crippen LogP contribution in [0.4, 0.5) is 5.95 Å². The van der Waals surface area contributed by atoms with Gasteiger partial charge in [-0.2, -0.15) is 0 Å². The molecule has 0 saturated carbocycles. The summed E-state index contributed by atoms with van der Waals surface area (Å²) >= 11 is 0. The SMILES string of the molecule is Cc1cccnc1Cn1c(N)nc2c(C)cccc21. The fraction of sp³-hybridized carbons (Fsp3) is 0.200. The van der Waals surface area contributed by atoms with Crippen LogP contribution in [0.15, 0.2) is 36.5 Å². The average Bonchev–Trinajstić information content (AvgIpc) is 2.71. The highest BCUT2D eigenvalue weighted by molar-refractivity contribution is 5.81. The third-order valence-electron chi connectivity index (χ3n) is 3.44. The number of nitrogens with zero attached hydrogens (tertiary/aromatic N) is 3. The van der Waals surface area contributed by atoms with Crippen LogP contribution in [-0.2, 0) is 6.54 Å². The molecule has 0 spiro atoms. The number of hydrogen-bond acceptors (Lipinski definition) is 3. The van der Waals surface area contributed by atoms with E-state index in [1.807, 2.05) is 42.0 Å². The summed E-state index contributed by atoms with van der Waals surface area (Å²) < 4.78 is 2.01. The molecule has 0 fully saturated rings. The van der Waals surface area contributed by atoms with Crippen molar-refractivity contribution in [2.75, 3.05) is 5.73 Å². The number of anilines is 1. The van der Waals surface area contributed by atoms with E-state index in [4.69, 9.17) is 5.73 Å². The number of aryl methyl sites for hydroxylation is 2. The predicted molar refractivity (Wildman–Crippen MR) is 77.0 cm³/mol. The highest BCUT2D eigenvalue weighted by Gasteiger charge is 2.11. The number of aromatic nitrogens is 3. The van der Waals surface area contributed by atoms with E-state index in [0.29, 0.717) is 12.5 Å². The topological polar surface area (TPSA) is 56.7 Å². The first-order valence-corrected chi connectivity index (χ1v) is 6.28. The van der Waals surface area contributed by atoms with Crippen molar-refractivity contribution in [1.29, 1.82) is 0 Å². The van der Waals surface area contributed by atoms with Gasteiger partial charge in [0.1, 0.15) is 0 Å². The van der Waals surface area contributed by atoms with Gasteiger partial charge in [-0.1, -0.05) is 18.2 Å². The molecule has 0 bridgehead atoms. The molecule has 0 atom stereocenters. The van der Waals surface area contributed by atoms with E-state index in [9.17, 15) is 0 Å². The Bertz CT molecular complexity index is 743. The summed E-state index contributed by atoms with van der Waals surface area (Å²) in [4.78, 5) is 8.87. The van der Waals surface area contributed by atoms with Crippen LogP contribution in [0.3, 0.4) is 0 Å². The fourth-order valence-electron chi connectivity index (χ4n) is 2.30. The van der Waals surface area contributed by atoms with Crippen LogP contribution in [-0.4, -0.2) is 14.5 Å². The summed E-state index contributed by atoms with van der Waals surface area (Å²) in [6.07, 6.45) is 1.81. The van der Waals surface area contributed by atoms with Gasteiger partial charge in [0.15, 0.2) is 0 Å². The van der Waals surface area contributed by atoms with Crippen LogP contribution in [0, 0.1) is 13.8 Å². The Labute approximate surface area is 111 Å². The lowest BCUT2D eigenvalue weighted by molar-refractivity contribution is 0.802. The first-order valence-electron chi connectivity index (χ1n) is 6.28. The molecule has 1 aromatic carbocycles. The van der Waals surface area contributed by atoms with Crippen molar-refractivity contribution in [3.8, 4) is 0 Å². The minimum absolute atomic E-state index is 0.536. The lowest BCUT2D eigenvalue weighted by Crippen LogP contribution is -2.07. The van der Waals surface area contributed by atoms with Gasteiger partial charge in [0, 0.05) is 6.20 Å². The van der Waals surface area contributed by atoms with Gasteiger partial charge < -0.3 is 10.3 Å². The molecule has 4 nitrogen and oxygen atoms in total. The van der Waals surface area contributed by atoms with Gasteiger partial charge in [0.25, 0.3) is 0 Å². The van der Waals surface area contributed by atoms with Crippen LogP contribution < -0.4 is 5.73 Å². The molecule has 0 unspecified atom stereocenters. The second-order valence-corrected chi connectivity index (χ2v) is 4.77. The summed E-state index contributed by atoms with van der Waals surface area (Å²) in [7, 11) is 0. The van der Waals surface area contributed by atoms with Crippen LogP contribution in [0.1, 0.15) is 16.8 Å². The minimum Gasteiger partial charge on any atom is -0.369 e. The molecular formula is C15H16N4. The Hall–Kier alpha value is -2.36. The second-order valence-electron chi connectivity index (χ2n) is 4.77. The monoisotopic (exact) mass is 252 g/mol. The molecule has 2 heterocycles. The molecule has 3 rings (SSSR count). The molecule has 96 valence electrons. The van der Waals surface area contributed by atoms with Gasteiger partial charge >= 0.3 is 0 Å². The Morgan fingerprint density at radius 3 is 2.68 bits per heavy atom. The van der Waals surface area contributed by atoms with E-state index < -0.39 is 0 Å². The maximum atomic E-state index is 6.04. The molecule has 0 radical (unpaired) electrons. The van der Waals surface area contributed by atoms with Crippen molar-refractivity contribution in [3.05, 3.63) is 53.3 Å². The number of nitrogen functional groups attached to an aromatic ring is 1. The number of rotatable bonds is 2. The first-order chi connectivity index (χ1) is 9.16. The number of para-hydroxylation sites is 1. The summed E-state index contributed by atoms with van der Waals surface area (Å²) in [6, 6.07) is 10.1. The van der Waals surface area contributed by atoms with Crippen molar-refractivity contribution < 1.29 is 0 Å². The Balaban J connectivity index is 2.13. The standard InChI is InChI=1S/C15H16N4/c1-10-6-4-8-17-12(10)9-19-13-7-3-5-11(2)14(13)18-15(19)16/h3-8H,9H2,1-2H3,(H2,16,18). The van der Waals surface area contributed by atoms with Gasteiger partial charge in [0.2, 0.25) is 5.95 Å². The van der Waals surface area contributed by atoms with E-state index in [0.717, 1.165) is 27.9 Å². The van der Waals surface area contributed by atoms with Crippen LogP contribution in [0.2, 0.25) is 0 Å². The van der Waals surface area contributed by atoms with Gasteiger partial charge in [-0.25, -0.2) is 4.98 Å². The maximum absolute atomic E-state index is 6.04. The lowest BCUT2D eigenvalue weighted by atomic mass is 10.2. The van der Waals surface area contributed by atoms with Crippen LogP contribution in [0.25, 0.3) is 11.0 Å². The maximum Gasteiger partial charge on any atom is 0.201 e. The van der Waals surface area contributed by atoms with E-state index in [1.165, 1.54) is 0 Å². The number of imidazole rings is 1. The zero-order valence-corrected chi connectivity index (χ0v) is 11.1. The van der Waals surface area contributed by atoms with Crippen molar-refractivity contribution in [3.63, 3.8) is 0 Å². The van der Waals surface area contributed by atoms with E-state index >= 15 is 0 Å². The van der Waals surface area contributed by atoms with E-state index in [1.54, 1.807) is 0 Å². The quantitative estimate of drug-likeness (QED) is 0.763. The number of fused-ring (bicyclic) bond motifs is 1. The lowest BCUT2D eigenvalue weighted by Gasteiger charge is -2.08. The van der Waals surface area contributed by atoms with E-state index in [-0.39, 0.29) is 0 Å². The summed E-state index contributed by atoms with van der Waals surface area (Å²) in [5.41, 5.74) is 11.4. The van der Waals surface area contributed by atoms with Gasteiger partial charge in [-0.15, -0.1) is 0 Å². The molecule has 4 heteroatoms. The number of nitrogens with two attached hydrogens (primary N) is 1. The molecule has 0 aliphatic rings. The van der Waals surface area contributed by atoms with Crippen molar-refractivity contribution in [2.24, 2.45) is 0 Å². The Morgan fingerprint density at radius 2 is 1.89 bits per heavy atom. The zero-order valence-electron chi connectivity index (χ0n) is 11.1. The first kappa shape index (κ1) is 11.7. The zero-order chi connectivity index (χ0) is 13.4. The van der Waals surface area contributed by atoms with Crippen molar-refractivity contribution in [2.45, 2.75) is 20.4 Å². The molecule has 0 aliphatic heterocycles. The predicted octanol–water partition coefficient (Wildman–Crippen LogP) is 2.68. The molecule has 0 saturated heterocycles. The highest BCUT2D eigenvalue weighted by atomic mass is 15.2. The second kappa shape index (κ2) is 4.39. The highest BCUT2D eigenvalue weighted by Crippen LogP contribution is 2.22. The molecule has 2 aromatic heterocycles. The third-order valence-corrected chi connectivity index (χ3v) is 3.44. The molecular weight excluding hydrogens is 236 g/mol. The summed E-state index contributed by atoms with van der Waals surface area (Å²) in [5, 5.41) is 0. The van der Waals surface area contributed by atoms with Gasteiger partial charge in [0.05, 0.1) is 23.3 Å². The number of benzene rings is 1. The smallest absolute Gasteiger partial charge is 0.201 e. The minimum atomic E-state index is 0.536. The average molecular weight is 252 g/mol. The van der Waals surface area contributed by atoms with Gasteiger partial charge in [-0.05, 0) is 37.1 Å². The van der Waals surface area contributed by atoms with Crippen molar-refractivity contribution in [1.82, 2.24) is 14.5 Å². The van der Waals surface area contributed by atoms with E-state index in [2.05, 4.69) is 23.0 Å². The van der Waals surface area contributed by atoms with Gasteiger partial charge in [-0.3, -0.25) is 4.98 Å². The largest absolute Gasteiger partial charge is 0.369 e. The number of hydrogen-bond donors (Lipinski definition) is 1.